The van der Waals surface area contributed by atoms with Crippen LogP contribution in [0, 0.1) is 5.82 Å². The van der Waals surface area contributed by atoms with Gasteiger partial charge in [-0.25, -0.2) is 14.0 Å². The molecule has 0 radical (unpaired) electrons. The molecule has 0 aliphatic carbocycles. The molecule has 0 heterocycles. The lowest BCUT2D eigenvalue weighted by Gasteiger charge is -2.25. The summed E-state index contributed by atoms with van der Waals surface area (Å²) in [5.74, 6) is -1.35. The predicted octanol–water partition coefficient (Wildman–Crippen LogP) is 1.80. The monoisotopic (exact) mass is 327 g/mol. The van der Waals surface area contributed by atoms with E-state index in [1.165, 1.54) is 18.2 Å². The highest BCUT2D eigenvalue weighted by Crippen LogP contribution is 2.12. The quantitative estimate of drug-likeness (QED) is 0.806. The van der Waals surface area contributed by atoms with Gasteiger partial charge in [0.1, 0.15) is 11.4 Å². The number of aliphatic hydroxyl groups is 1. The van der Waals surface area contributed by atoms with Gasteiger partial charge in [0.15, 0.2) is 6.10 Å². The van der Waals surface area contributed by atoms with Crippen LogP contribution < -0.4 is 5.32 Å². The highest BCUT2D eigenvalue weighted by molar-refractivity contribution is 5.77. The molecule has 6 nitrogen and oxygen atoms in total. The number of amides is 1. The summed E-state index contributed by atoms with van der Waals surface area (Å²) in [6, 6.07) is 4.64. The molecule has 0 bridgehead atoms. The van der Waals surface area contributed by atoms with Gasteiger partial charge in [0.05, 0.1) is 13.2 Å². The second-order valence-electron chi connectivity index (χ2n) is 6.05. The zero-order valence-electron chi connectivity index (χ0n) is 13.6. The molecule has 0 aliphatic heterocycles. The molecule has 0 spiro atoms. The van der Waals surface area contributed by atoms with Crippen molar-refractivity contribution in [3.05, 3.63) is 35.6 Å². The van der Waals surface area contributed by atoms with Crippen LogP contribution in [0.2, 0.25) is 0 Å². The zero-order valence-corrected chi connectivity index (χ0v) is 13.6. The summed E-state index contributed by atoms with van der Waals surface area (Å²) in [6.07, 6.45) is -2.36. The van der Waals surface area contributed by atoms with Crippen molar-refractivity contribution >= 4 is 12.1 Å². The van der Waals surface area contributed by atoms with Gasteiger partial charge in [0, 0.05) is 0 Å². The topological polar surface area (TPSA) is 84.9 Å². The average molecular weight is 327 g/mol. The molecule has 0 aromatic heterocycles. The van der Waals surface area contributed by atoms with Crippen molar-refractivity contribution in [1.82, 2.24) is 5.32 Å². The summed E-state index contributed by atoms with van der Waals surface area (Å²) in [4.78, 5) is 23.4. The molecule has 128 valence electrons. The van der Waals surface area contributed by atoms with Crippen LogP contribution in [0.3, 0.4) is 0 Å². The van der Waals surface area contributed by atoms with E-state index in [1.54, 1.807) is 26.8 Å². The average Bonchev–Trinajstić information content (AvgIpc) is 2.43. The van der Waals surface area contributed by atoms with E-state index in [2.05, 4.69) is 10.1 Å². The minimum Gasteiger partial charge on any atom is -0.467 e. The van der Waals surface area contributed by atoms with E-state index in [9.17, 15) is 19.1 Å². The Morgan fingerprint density at radius 3 is 2.52 bits per heavy atom. The third kappa shape index (κ3) is 6.65. The minimum atomic E-state index is -1.60. The Labute approximate surface area is 134 Å². The van der Waals surface area contributed by atoms with Crippen molar-refractivity contribution in [2.75, 3.05) is 7.11 Å². The second kappa shape index (κ2) is 7.92. The Morgan fingerprint density at radius 1 is 1.35 bits per heavy atom. The highest BCUT2D eigenvalue weighted by atomic mass is 19.1. The smallest absolute Gasteiger partial charge is 0.407 e. The standard InChI is InChI=1S/C16H22FNO5/c1-16(2,3)23-15(21)18-12(13(19)14(20)22-4)9-10-6-5-7-11(17)8-10/h5-8,12-13,19H,9H2,1-4H3,(H,18,21). The number of carbonyl (C=O) groups excluding carboxylic acids is 2. The number of benzene rings is 1. The van der Waals surface area contributed by atoms with Gasteiger partial charge in [-0.15, -0.1) is 0 Å². The number of esters is 1. The molecule has 1 aromatic rings. The van der Waals surface area contributed by atoms with E-state index >= 15 is 0 Å². The summed E-state index contributed by atoms with van der Waals surface area (Å²) in [5.41, 5.74) is -0.224. The summed E-state index contributed by atoms with van der Waals surface area (Å²) in [6.45, 7) is 5.06. The first-order chi connectivity index (χ1) is 10.6. The van der Waals surface area contributed by atoms with Crippen molar-refractivity contribution in [2.45, 2.75) is 44.9 Å². The SMILES string of the molecule is COC(=O)C(O)C(Cc1cccc(F)c1)NC(=O)OC(C)(C)C. The van der Waals surface area contributed by atoms with Gasteiger partial charge in [-0.05, 0) is 44.9 Å². The summed E-state index contributed by atoms with van der Waals surface area (Å²) in [5, 5.41) is 12.4. The maximum absolute atomic E-state index is 13.3. The van der Waals surface area contributed by atoms with Gasteiger partial charge in [0.2, 0.25) is 0 Å². The van der Waals surface area contributed by atoms with Crippen LogP contribution in [-0.2, 0) is 20.7 Å². The number of hydrogen-bond donors (Lipinski definition) is 2. The van der Waals surface area contributed by atoms with Crippen LogP contribution in [-0.4, -0.2) is 42.0 Å². The molecule has 2 atom stereocenters. The fourth-order valence-electron chi connectivity index (χ4n) is 1.90. The Hall–Kier alpha value is -2.15. The van der Waals surface area contributed by atoms with Crippen molar-refractivity contribution in [3.63, 3.8) is 0 Å². The number of nitrogens with one attached hydrogen (secondary N) is 1. The van der Waals surface area contributed by atoms with Crippen molar-refractivity contribution in [1.29, 1.82) is 0 Å². The van der Waals surface area contributed by atoms with Gasteiger partial charge in [0.25, 0.3) is 0 Å². The van der Waals surface area contributed by atoms with Crippen LogP contribution in [0.25, 0.3) is 0 Å². The first kappa shape index (κ1) is 18.9. The lowest BCUT2D eigenvalue weighted by atomic mass is 10.0. The van der Waals surface area contributed by atoms with Crippen LogP contribution >= 0.6 is 0 Å². The number of aliphatic hydroxyl groups excluding tert-OH is 1. The number of carbonyl (C=O) groups is 2. The number of alkyl carbamates (subject to hydrolysis) is 1. The van der Waals surface area contributed by atoms with Gasteiger partial charge >= 0.3 is 12.1 Å². The molecule has 0 aliphatic rings. The van der Waals surface area contributed by atoms with E-state index in [-0.39, 0.29) is 6.42 Å². The second-order valence-corrected chi connectivity index (χ2v) is 6.05. The first-order valence-electron chi connectivity index (χ1n) is 7.12. The summed E-state index contributed by atoms with van der Waals surface area (Å²) < 4.78 is 22.8. The van der Waals surface area contributed by atoms with E-state index < -0.39 is 35.6 Å². The Bertz CT molecular complexity index is 556. The number of halogens is 1. The molecule has 2 unspecified atom stereocenters. The minimum absolute atomic E-state index is 0.0350. The molecule has 23 heavy (non-hydrogen) atoms. The van der Waals surface area contributed by atoms with E-state index in [0.717, 1.165) is 7.11 Å². The molecule has 0 saturated carbocycles. The van der Waals surface area contributed by atoms with E-state index in [0.29, 0.717) is 5.56 Å². The molecule has 7 heteroatoms. The van der Waals surface area contributed by atoms with Crippen molar-refractivity contribution in [3.8, 4) is 0 Å². The predicted molar refractivity (Wildman–Crippen MR) is 81.3 cm³/mol. The van der Waals surface area contributed by atoms with Crippen LogP contribution in [0.5, 0.6) is 0 Å². The van der Waals surface area contributed by atoms with E-state index in [4.69, 9.17) is 4.74 Å². The van der Waals surface area contributed by atoms with Crippen LogP contribution in [0.15, 0.2) is 24.3 Å². The molecular weight excluding hydrogens is 305 g/mol. The maximum atomic E-state index is 13.3. The maximum Gasteiger partial charge on any atom is 0.407 e. The number of rotatable bonds is 5. The third-order valence-electron chi connectivity index (χ3n) is 2.87. The lowest BCUT2D eigenvalue weighted by Crippen LogP contribution is -2.50. The van der Waals surface area contributed by atoms with Gasteiger partial charge < -0.3 is 19.9 Å². The lowest BCUT2D eigenvalue weighted by molar-refractivity contribution is -0.151. The number of hydrogen-bond acceptors (Lipinski definition) is 5. The Morgan fingerprint density at radius 2 is 2.00 bits per heavy atom. The third-order valence-corrected chi connectivity index (χ3v) is 2.87. The highest BCUT2D eigenvalue weighted by Gasteiger charge is 2.30. The van der Waals surface area contributed by atoms with Gasteiger partial charge in [-0.3, -0.25) is 0 Å². The molecule has 0 fully saturated rings. The van der Waals surface area contributed by atoms with Gasteiger partial charge in [-0.2, -0.15) is 0 Å². The zero-order chi connectivity index (χ0) is 17.6. The fourth-order valence-corrected chi connectivity index (χ4v) is 1.90. The van der Waals surface area contributed by atoms with Crippen LogP contribution in [0.1, 0.15) is 26.3 Å². The first-order valence-corrected chi connectivity index (χ1v) is 7.12. The Balaban J connectivity index is 2.89. The summed E-state index contributed by atoms with van der Waals surface area (Å²) in [7, 11) is 1.12. The normalized spacial score (nSPS) is 13.8. The molecule has 0 saturated heterocycles. The molecule has 1 rings (SSSR count). The van der Waals surface area contributed by atoms with Crippen molar-refractivity contribution < 1.29 is 28.6 Å². The number of methoxy groups -OCH3 is 1. The fraction of sp³-hybridized carbons (Fsp3) is 0.500. The summed E-state index contributed by atoms with van der Waals surface area (Å²) >= 11 is 0. The molecular formula is C16H22FNO5. The van der Waals surface area contributed by atoms with Gasteiger partial charge in [-0.1, -0.05) is 12.1 Å². The van der Waals surface area contributed by atoms with Crippen LogP contribution in [0.4, 0.5) is 9.18 Å². The molecule has 1 aromatic carbocycles. The molecule has 2 N–H and O–H groups in total. The molecule has 1 amide bonds. The Kier molecular flexibility index (Phi) is 6.50. The van der Waals surface area contributed by atoms with Crippen molar-refractivity contribution in [2.24, 2.45) is 0 Å². The largest absolute Gasteiger partial charge is 0.467 e. The van der Waals surface area contributed by atoms with E-state index in [1.807, 2.05) is 0 Å². The number of ether oxygens (including phenoxy) is 2.